The minimum atomic E-state index is -0.638. The summed E-state index contributed by atoms with van der Waals surface area (Å²) >= 11 is 0. The summed E-state index contributed by atoms with van der Waals surface area (Å²) in [4.78, 5) is 45.8. The number of anilines is 1. The number of methoxy groups -OCH3 is 1. The maximum Gasteiger partial charge on any atom is 0.295 e. The number of hydrogen-bond donors (Lipinski definition) is 2. The van der Waals surface area contributed by atoms with Crippen LogP contribution in [0, 0.1) is 0 Å². The first-order valence-corrected chi connectivity index (χ1v) is 12.3. The molecule has 0 atom stereocenters. The number of amides is 1. The Kier molecular flexibility index (Phi) is 7.26. The van der Waals surface area contributed by atoms with Crippen molar-refractivity contribution in [2.75, 3.05) is 38.2 Å². The molecule has 5 rings (SSSR count). The first kappa shape index (κ1) is 25.5. The molecule has 4 heterocycles. The van der Waals surface area contributed by atoms with Crippen LogP contribution in [-0.4, -0.2) is 82.2 Å². The van der Waals surface area contributed by atoms with Crippen LogP contribution >= 0.6 is 0 Å². The summed E-state index contributed by atoms with van der Waals surface area (Å²) in [6.07, 6.45) is 5.87. The number of fused-ring (bicyclic) bond motifs is 1. The molecule has 0 saturated carbocycles. The van der Waals surface area contributed by atoms with Crippen LogP contribution in [0.2, 0.25) is 0 Å². The zero-order valence-corrected chi connectivity index (χ0v) is 21.5. The topological polar surface area (TPSA) is 155 Å². The van der Waals surface area contributed by atoms with Gasteiger partial charge in [-0.05, 0) is 13.0 Å². The molecule has 0 unspecified atom stereocenters. The molecule has 1 aliphatic rings. The number of benzene rings is 1. The Morgan fingerprint density at radius 2 is 1.90 bits per heavy atom. The lowest BCUT2D eigenvalue weighted by Crippen LogP contribution is -2.50. The molecule has 12 nitrogen and oxygen atoms in total. The number of hydrogen-bond acceptors (Lipinski definition) is 8. The predicted molar refractivity (Wildman–Crippen MR) is 149 cm³/mol. The molecule has 4 aromatic rings. The Labute approximate surface area is 224 Å². The van der Waals surface area contributed by atoms with Crippen LogP contribution in [0.5, 0.6) is 5.75 Å². The van der Waals surface area contributed by atoms with E-state index in [0.29, 0.717) is 48.7 Å². The molecule has 1 aliphatic heterocycles. The third kappa shape index (κ3) is 5.17. The number of carbonyl (C=O) groups excluding carboxylic acids is 2. The largest absolute Gasteiger partial charge is 0.494 e. The standard InChI is InChI=1S/C27H27N9O3/c1-17(28)31-16-32-26-24-22(21(39-2)15-30-26)19(14-29-24)25(37)27(38)36-12-10-35(11-13-36)20-8-9-33-34-23(20)18-6-4-3-5-7-18/h3-9,14-16,29H,10-13H2,1-2H3,(H2,28,30,31,32). The van der Waals surface area contributed by atoms with E-state index in [4.69, 9.17) is 10.5 Å². The van der Waals surface area contributed by atoms with Crippen molar-refractivity contribution < 1.29 is 14.3 Å². The van der Waals surface area contributed by atoms with E-state index in [1.54, 1.807) is 18.0 Å². The van der Waals surface area contributed by atoms with Gasteiger partial charge in [0.05, 0.1) is 47.5 Å². The Hall–Kier alpha value is -5.13. The van der Waals surface area contributed by atoms with Gasteiger partial charge in [-0.15, -0.1) is 5.10 Å². The van der Waals surface area contributed by atoms with Crippen molar-refractivity contribution in [1.29, 1.82) is 0 Å². The number of H-pyrrole nitrogens is 1. The second-order valence-electron chi connectivity index (χ2n) is 8.86. The van der Waals surface area contributed by atoms with E-state index in [0.717, 1.165) is 16.9 Å². The fourth-order valence-corrected chi connectivity index (χ4v) is 4.50. The average Bonchev–Trinajstić information content (AvgIpc) is 3.43. The fraction of sp³-hybridized carbons (Fsp3) is 0.222. The fourth-order valence-electron chi connectivity index (χ4n) is 4.50. The maximum absolute atomic E-state index is 13.4. The highest BCUT2D eigenvalue weighted by Gasteiger charge is 2.30. The number of Topliss-reactive ketones (excluding diaryl/α,β-unsaturated/α-hetero) is 1. The zero-order chi connectivity index (χ0) is 27.4. The number of aliphatic imine (C=N–C) groups is 2. The smallest absolute Gasteiger partial charge is 0.295 e. The molecule has 3 aromatic heterocycles. The van der Waals surface area contributed by atoms with Crippen LogP contribution in [0.1, 0.15) is 17.3 Å². The van der Waals surface area contributed by atoms with Gasteiger partial charge in [-0.3, -0.25) is 9.59 Å². The normalized spacial score (nSPS) is 14.3. The van der Waals surface area contributed by atoms with Gasteiger partial charge < -0.3 is 25.3 Å². The molecule has 39 heavy (non-hydrogen) atoms. The number of rotatable bonds is 7. The SMILES string of the molecule is COc1cnc(N=CN=C(C)N)c2[nH]cc(C(=O)C(=O)N3CCN(c4ccnnc4-c4ccccc4)CC3)c12. The zero-order valence-electron chi connectivity index (χ0n) is 21.5. The van der Waals surface area contributed by atoms with Crippen LogP contribution in [0.4, 0.5) is 11.5 Å². The molecule has 0 radical (unpaired) electrons. The van der Waals surface area contributed by atoms with Crippen molar-refractivity contribution in [2.45, 2.75) is 6.92 Å². The number of nitrogens with one attached hydrogen (secondary N) is 1. The number of piperazine rings is 1. The Morgan fingerprint density at radius 3 is 2.62 bits per heavy atom. The highest BCUT2D eigenvalue weighted by molar-refractivity contribution is 6.45. The molecule has 0 bridgehead atoms. The van der Waals surface area contributed by atoms with E-state index in [9.17, 15) is 9.59 Å². The molecule has 3 N–H and O–H groups in total. The minimum Gasteiger partial charge on any atom is -0.494 e. The number of aromatic nitrogens is 4. The van der Waals surface area contributed by atoms with Gasteiger partial charge in [-0.25, -0.2) is 15.0 Å². The number of ketones is 1. The van der Waals surface area contributed by atoms with E-state index in [1.165, 1.54) is 25.8 Å². The molecule has 1 fully saturated rings. The summed E-state index contributed by atoms with van der Waals surface area (Å²) in [6.45, 7) is 3.50. The number of nitrogens with two attached hydrogens (primary N) is 1. The minimum absolute atomic E-state index is 0.191. The van der Waals surface area contributed by atoms with Crippen molar-refractivity contribution in [3.05, 3.63) is 60.6 Å². The summed E-state index contributed by atoms with van der Waals surface area (Å²) in [5.41, 5.74) is 8.87. The molecule has 1 amide bonds. The van der Waals surface area contributed by atoms with Gasteiger partial charge in [0.15, 0.2) is 5.82 Å². The maximum atomic E-state index is 13.4. The van der Waals surface area contributed by atoms with Gasteiger partial charge >= 0.3 is 0 Å². The number of aromatic amines is 1. The molecular weight excluding hydrogens is 498 g/mol. The van der Waals surface area contributed by atoms with E-state index < -0.39 is 11.7 Å². The van der Waals surface area contributed by atoms with Crippen LogP contribution in [0.25, 0.3) is 22.2 Å². The van der Waals surface area contributed by atoms with Crippen LogP contribution < -0.4 is 15.4 Å². The van der Waals surface area contributed by atoms with Gasteiger partial charge in [0, 0.05) is 37.9 Å². The molecular formula is C27H27N9O3. The molecule has 0 spiro atoms. The molecule has 198 valence electrons. The highest BCUT2D eigenvalue weighted by Crippen LogP contribution is 2.34. The van der Waals surface area contributed by atoms with Crippen molar-refractivity contribution in [3.63, 3.8) is 0 Å². The first-order valence-electron chi connectivity index (χ1n) is 12.3. The lowest BCUT2D eigenvalue weighted by atomic mass is 10.1. The number of pyridine rings is 1. The molecule has 12 heteroatoms. The van der Waals surface area contributed by atoms with E-state index in [1.807, 2.05) is 36.4 Å². The number of amidine groups is 1. The third-order valence-electron chi connectivity index (χ3n) is 6.41. The van der Waals surface area contributed by atoms with Crippen LogP contribution in [0.15, 0.2) is 65.0 Å². The van der Waals surface area contributed by atoms with E-state index in [2.05, 4.69) is 35.1 Å². The quantitative estimate of drug-likeness (QED) is 0.161. The average molecular weight is 526 g/mol. The number of carbonyl (C=O) groups is 2. The third-order valence-corrected chi connectivity index (χ3v) is 6.41. The summed E-state index contributed by atoms with van der Waals surface area (Å²) < 4.78 is 5.43. The van der Waals surface area contributed by atoms with Crippen molar-refractivity contribution in [2.24, 2.45) is 15.7 Å². The van der Waals surface area contributed by atoms with E-state index in [-0.39, 0.29) is 11.4 Å². The van der Waals surface area contributed by atoms with Crippen molar-refractivity contribution >= 4 is 46.3 Å². The van der Waals surface area contributed by atoms with Gasteiger partial charge in [0.1, 0.15) is 17.8 Å². The van der Waals surface area contributed by atoms with Gasteiger partial charge in [-0.1, -0.05) is 30.3 Å². The first-order chi connectivity index (χ1) is 19.0. The lowest BCUT2D eigenvalue weighted by Gasteiger charge is -2.36. The summed E-state index contributed by atoms with van der Waals surface area (Å²) in [7, 11) is 1.47. The van der Waals surface area contributed by atoms with Gasteiger partial charge in [0.25, 0.3) is 11.7 Å². The van der Waals surface area contributed by atoms with Crippen molar-refractivity contribution in [3.8, 4) is 17.0 Å². The van der Waals surface area contributed by atoms with Gasteiger partial charge in [0.2, 0.25) is 0 Å². The Balaban J connectivity index is 1.35. The van der Waals surface area contributed by atoms with E-state index >= 15 is 0 Å². The number of ether oxygens (including phenoxy) is 1. The summed E-state index contributed by atoms with van der Waals surface area (Å²) in [5.74, 6) is -0.244. The highest BCUT2D eigenvalue weighted by atomic mass is 16.5. The summed E-state index contributed by atoms with van der Waals surface area (Å²) in [5, 5.41) is 8.84. The Morgan fingerprint density at radius 1 is 1.13 bits per heavy atom. The summed E-state index contributed by atoms with van der Waals surface area (Å²) in [6, 6.07) is 11.8. The predicted octanol–water partition coefficient (Wildman–Crippen LogP) is 2.60. The monoisotopic (exact) mass is 525 g/mol. The van der Waals surface area contributed by atoms with Gasteiger partial charge in [-0.2, -0.15) is 5.10 Å². The van der Waals surface area contributed by atoms with Crippen LogP contribution in [0.3, 0.4) is 0 Å². The number of nitrogens with zero attached hydrogens (tertiary/aromatic N) is 7. The second-order valence-corrected chi connectivity index (χ2v) is 8.86. The molecule has 0 aliphatic carbocycles. The molecule has 1 saturated heterocycles. The van der Waals surface area contributed by atoms with Crippen molar-refractivity contribution in [1.82, 2.24) is 25.1 Å². The lowest BCUT2D eigenvalue weighted by molar-refractivity contribution is -0.126. The van der Waals surface area contributed by atoms with Crippen LogP contribution in [-0.2, 0) is 4.79 Å². The second kappa shape index (κ2) is 11.1. The molecule has 1 aromatic carbocycles. The Bertz CT molecular complexity index is 1570.